The van der Waals surface area contributed by atoms with Crippen LogP contribution in [0.4, 0.5) is 15.8 Å². The number of rotatable bonds is 11. The maximum absolute atomic E-state index is 13.1. The number of anilines is 2. The van der Waals surface area contributed by atoms with Crippen molar-refractivity contribution in [3.8, 4) is 11.4 Å². The summed E-state index contributed by atoms with van der Waals surface area (Å²) in [5.41, 5.74) is 11.4. The van der Waals surface area contributed by atoms with Gasteiger partial charge in [0.15, 0.2) is 0 Å². The van der Waals surface area contributed by atoms with Crippen LogP contribution in [0.15, 0.2) is 57.9 Å². The minimum Gasteiger partial charge on any atom is -0.337 e. The maximum atomic E-state index is 13.1. The Hall–Kier alpha value is -3.35. The Balaban J connectivity index is 1.71. The van der Waals surface area contributed by atoms with Crippen LogP contribution in [0.5, 0.6) is 0 Å². The zero-order valence-electron chi connectivity index (χ0n) is 19.5. The molecule has 10 nitrogen and oxygen atoms in total. The lowest BCUT2D eigenvalue weighted by atomic mass is 9.94. The SMILES string of the molecule is CC(C)(CF)C(=O)Nc1cccc(NS(=O)(=O)c2ccc(-c3noc(C(N)CCCN)n3)cc2)c1. The second-order valence-corrected chi connectivity index (χ2v) is 10.4. The van der Waals surface area contributed by atoms with Gasteiger partial charge in [-0.2, -0.15) is 4.98 Å². The number of amides is 1. The number of carbonyl (C=O) groups excluding carboxylic acids is 1. The number of sulfonamides is 1. The Labute approximate surface area is 203 Å². The number of hydrogen-bond donors (Lipinski definition) is 4. The number of nitrogens with one attached hydrogen (secondary N) is 2. The minimum atomic E-state index is -3.93. The third kappa shape index (κ3) is 6.62. The van der Waals surface area contributed by atoms with Crippen molar-refractivity contribution in [3.63, 3.8) is 0 Å². The van der Waals surface area contributed by atoms with Crippen LogP contribution in [-0.4, -0.2) is 37.7 Å². The molecule has 3 aromatic rings. The predicted molar refractivity (Wildman–Crippen MR) is 131 cm³/mol. The summed E-state index contributed by atoms with van der Waals surface area (Å²) >= 11 is 0. The van der Waals surface area contributed by atoms with Gasteiger partial charge >= 0.3 is 0 Å². The highest BCUT2D eigenvalue weighted by Crippen LogP contribution is 2.25. The van der Waals surface area contributed by atoms with Gasteiger partial charge in [-0.05, 0) is 75.7 Å². The molecule has 0 aliphatic heterocycles. The van der Waals surface area contributed by atoms with Gasteiger partial charge in [-0.1, -0.05) is 11.2 Å². The Morgan fingerprint density at radius 1 is 1.17 bits per heavy atom. The number of nitrogens with zero attached hydrogens (tertiary/aromatic N) is 2. The largest absolute Gasteiger partial charge is 0.337 e. The second-order valence-electron chi connectivity index (χ2n) is 8.68. The first-order valence-corrected chi connectivity index (χ1v) is 12.4. The zero-order chi connectivity index (χ0) is 25.6. The molecule has 1 unspecified atom stereocenters. The first-order chi connectivity index (χ1) is 16.6. The average Bonchev–Trinajstić information content (AvgIpc) is 3.33. The summed E-state index contributed by atoms with van der Waals surface area (Å²) in [6.07, 6.45) is 1.34. The highest BCUT2D eigenvalue weighted by Gasteiger charge is 2.27. The van der Waals surface area contributed by atoms with Gasteiger partial charge < -0.3 is 21.3 Å². The van der Waals surface area contributed by atoms with Crippen LogP contribution < -0.4 is 21.5 Å². The minimum absolute atomic E-state index is 0.0117. The molecule has 0 radical (unpaired) electrons. The summed E-state index contributed by atoms with van der Waals surface area (Å²) in [4.78, 5) is 16.5. The van der Waals surface area contributed by atoms with Gasteiger partial charge in [-0.3, -0.25) is 9.52 Å². The van der Waals surface area contributed by atoms with Crippen molar-refractivity contribution in [2.75, 3.05) is 23.3 Å². The van der Waals surface area contributed by atoms with E-state index in [-0.39, 0.29) is 16.5 Å². The molecule has 3 rings (SSSR count). The van der Waals surface area contributed by atoms with Gasteiger partial charge in [0.25, 0.3) is 10.0 Å². The van der Waals surface area contributed by atoms with Crippen LogP contribution in [0, 0.1) is 5.41 Å². The zero-order valence-corrected chi connectivity index (χ0v) is 20.3. The van der Waals surface area contributed by atoms with Crippen LogP contribution >= 0.6 is 0 Å². The summed E-state index contributed by atoms with van der Waals surface area (Å²) < 4.78 is 46.5. The van der Waals surface area contributed by atoms with E-state index in [2.05, 4.69) is 20.2 Å². The number of alkyl halides is 1. The third-order valence-electron chi connectivity index (χ3n) is 5.22. The average molecular weight is 505 g/mol. The number of halogens is 1. The number of nitrogens with two attached hydrogens (primary N) is 2. The fraction of sp³-hybridized carbons (Fsp3) is 0.348. The third-order valence-corrected chi connectivity index (χ3v) is 6.62. The monoisotopic (exact) mass is 504 g/mol. The smallest absolute Gasteiger partial charge is 0.261 e. The standard InChI is InChI=1S/C23H29FN6O4S/c1-23(2,14-24)22(31)27-16-5-3-6-17(13-16)30-35(32,33)18-10-8-15(9-11-18)20-28-21(34-29-20)19(26)7-4-12-25/h3,5-6,8-11,13,19,30H,4,7,12,14,25-26H2,1-2H3,(H,27,31). The van der Waals surface area contributed by atoms with Gasteiger partial charge in [-0.15, -0.1) is 0 Å². The van der Waals surface area contributed by atoms with Crippen molar-refractivity contribution in [1.82, 2.24) is 10.1 Å². The number of carbonyl (C=O) groups is 1. The quantitative estimate of drug-likeness (QED) is 0.309. The number of aromatic nitrogens is 2. The van der Waals surface area contributed by atoms with E-state index < -0.39 is 34.1 Å². The van der Waals surface area contributed by atoms with Crippen molar-refractivity contribution in [2.45, 2.75) is 37.6 Å². The van der Waals surface area contributed by atoms with Crippen LogP contribution in [-0.2, 0) is 14.8 Å². The molecule has 0 fully saturated rings. The van der Waals surface area contributed by atoms with Crippen molar-refractivity contribution < 1.29 is 22.1 Å². The van der Waals surface area contributed by atoms with E-state index in [1.165, 1.54) is 38.1 Å². The van der Waals surface area contributed by atoms with Crippen LogP contribution in [0.25, 0.3) is 11.4 Å². The maximum Gasteiger partial charge on any atom is 0.261 e. The molecule has 188 valence electrons. The molecule has 0 aliphatic rings. The summed E-state index contributed by atoms with van der Waals surface area (Å²) in [5, 5.41) is 6.51. The van der Waals surface area contributed by atoms with Gasteiger partial charge in [0, 0.05) is 11.3 Å². The fourth-order valence-electron chi connectivity index (χ4n) is 2.98. The normalized spacial score (nSPS) is 12.8. The Morgan fingerprint density at radius 2 is 1.86 bits per heavy atom. The Morgan fingerprint density at radius 3 is 2.51 bits per heavy atom. The van der Waals surface area contributed by atoms with E-state index >= 15 is 0 Å². The lowest BCUT2D eigenvalue weighted by Crippen LogP contribution is -2.32. The Kier molecular flexibility index (Phi) is 8.20. The molecule has 6 N–H and O–H groups in total. The molecule has 0 bridgehead atoms. The second kappa shape index (κ2) is 10.9. The fourth-order valence-corrected chi connectivity index (χ4v) is 4.03. The first-order valence-electron chi connectivity index (χ1n) is 11.0. The molecule has 0 saturated heterocycles. The molecule has 1 heterocycles. The van der Waals surface area contributed by atoms with E-state index in [0.717, 1.165) is 6.42 Å². The van der Waals surface area contributed by atoms with Crippen molar-refractivity contribution in [1.29, 1.82) is 0 Å². The molecule has 1 atom stereocenters. The van der Waals surface area contributed by atoms with Crippen molar-refractivity contribution >= 4 is 27.3 Å². The molecule has 0 saturated carbocycles. The summed E-state index contributed by atoms with van der Waals surface area (Å²) in [5.74, 6) is 0.0639. The molecular formula is C23H29FN6O4S. The molecule has 12 heteroatoms. The number of benzene rings is 2. The molecule has 0 aliphatic carbocycles. The van der Waals surface area contributed by atoms with Crippen molar-refractivity contribution in [2.24, 2.45) is 16.9 Å². The lowest BCUT2D eigenvalue weighted by Gasteiger charge is -2.19. The first kappa shape index (κ1) is 26.3. The van der Waals surface area contributed by atoms with Crippen LogP contribution in [0.3, 0.4) is 0 Å². The van der Waals surface area contributed by atoms with Gasteiger partial charge in [0.2, 0.25) is 17.6 Å². The molecule has 1 aromatic heterocycles. The lowest BCUT2D eigenvalue weighted by molar-refractivity contribution is -0.124. The van der Waals surface area contributed by atoms with E-state index in [0.29, 0.717) is 30.0 Å². The van der Waals surface area contributed by atoms with Crippen LogP contribution in [0.1, 0.15) is 38.6 Å². The topological polar surface area (TPSA) is 166 Å². The number of hydrogen-bond acceptors (Lipinski definition) is 8. The highest BCUT2D eigenvalue weighted by atomic mass is 32.2. The van der Waals surface area contributed by atoms with Crippen molar-refractivity contribution in [3.05, 3.63) is 54.4 Å². The summed E-state index contributed by atoms with van der Waals surface area (Å²) in [6.45, 7) is 2.64. The molecule has 0 spiro atoms. The molecule has 1 amide bonds. The Bertz CT molecular complexity index is 1260. The highest BCUT2D eigenvalue weighted by molar-refractivity contribution is 7.92. The van der Waals surface area contributed by atoms with E-state index in [4.69, 9.17) is 16.0 Å². The van der Waals surface area contributed by atoms with E-state index in [1.54, 1.807) is 24.3 Å². The van der Waals surface area contributed by atoms with Gasteiger partial charge in [-0.25, -0.2) is 12.8 Å². The van der Waals surface area contributed by atoms with E-state index in [9.17, 15) is 17.6 Å². The van der Waals surface area contributed by atoms with Crippen LogP contribution in [0.2, 0.25) is 0 Å². The molecule has 2 aromatic carbocycles. The van der Waals surface area contributed by atoms with Gasteiger partial charge in [0.1, 0.15) is 6.67 Å². The van der Waals surface area contributed by atoms with Gasteiger partial charge in [0.05, 0.1) is 22.0 Å². The van der Waals surface area contributed by atoms with E-state index in [1.807, 2.05) is 0 Å². The summed E-state index contributed by atoms with van der Waals surface area (Å²) in [7, 11) is -3.93. The predicted octanol–water partition coefficient (Wildman–Crippen LogP) is 3.21. The summed E-state index contributed by atoms with van der Waals surface area (Å²) in [6, 6.07) is 11.7. The molecular weight excluding hydrogens is 475 g/mol. The molecule has 35 heavy (non-hydrogen) atoms.